The highest BCUT2D eigenvalue weighted by molar-refractivity contribution is 7.90. The van der Waals surface area contributed by atoms with Crippen LogP contribution in [0.2, 0.25) is 10.0 Å². The van der Waals surface area contributed by atoms with Gasteiger partial charge in [-0.25, -0.2) is 18.1 Å². The SMILES string of the molecule is O=C(NS(=O)(=O)c1ccc(Cl)cc1)c1cn(Cc2ccccc2Cl)cn1. The first-order valence-corrected chi connectivity index (χ1v) is 9.67. The van der Waals surface area contributed by atoms with Crippen LogP contribution in [-0.4, -0.2) is 23.9 Å². The summed E-state index contributed by atoms with van der Waals surface area (Å²) in [5.41, 5.74) is 0.835. The van der Waals surface area contributed by atoms with E-state index in [9.17, 15) is 13.2 Å². The molecule has 0 aliphatic rings. The van der Waals surface area contributed by atoms with Crippen molar-refractivity contribution in [1.82, 2.24) is 14.3 Å². The molecular formula is C17H13Cl2N3O3S. The van der Waals surface area contributed by atoms with Gasteiger partial charge in [0.05, 0.1) is 11.2 Å². The molecule has 0 aliphatic carbocycles. The van der Waals surface area contributed by atoms with E-state index in [0.717, 1.165) is 5.56 Å². The summed E-state index contributed by atoms with van der Waals surface area (Å²) in [7, 11) is -4.01. The fourth-order valence-electron chi connectivity index (χ4n) is 2.23. The molecule has 6 nitrogen and oxygen atoms in total. The van der Waals surface area contributed by atoms with Crippen LogP contribution in [0.25, 0.3) is 0 Å². The molecule has 0 saturated carbocycles. The number of amides is 1. The topological polar surface area (TPSA) is 81.1 Å². The summed E-state index contributed by atoms with van der Waals surface area (Å²) >= 11 is 11.8. The predicted molar refractivity (Wildman–Crippen MR) is 98.9 cm³/mol. The zero-order chi connectivity index (χ0) is 18.7. The first-order valence-electron chi connectivity index (χ1n) is 7.43. The van der Waals surface area contributed by atoms with E-state index in [1.54, 1.807) is 10.6 Å². The van der Waals surface area contributed by atoms with Crippen LogP contribution in [0.4, 0.5) is 0 Å². The van der Waals surface area contributed by atoms with Crippen LogP contribution in [0.5, 0.6) is 0 Å². The van der Waals surface area contributed by atoms with E-state index in [1.807, 2.05) is 22.9 Å². The molecule has 0 bridgehead atoms. The van der Waals surface area contributed by atoms with E-state index in [-0.39, 0.29) is 10.6 Å². The molecule has 1 N–H and O–H groups in total. The molecule has 0 spiro atoms. The highest BCUT2D eigenvalue weighted by atomic mass is 35.5. The van der Waals surface area contributed by atoms with Gasteiger partial charge in [0, 0.05) is 22.8 Å². The van der Waals surface area contributed by atoms with Gasteiger partial charge in [-0.1, -0.05) is 41.4 Å². The summed E-state index contributed by atoms with van der Waals surface area (Å²) in [5.74, 6) is -0.821. The minimum absolute atomic E-state index is 0.0189. The molecule has 0 atom stereocenters. The van der Waals surface area contributed by atoms with Gasteiger partial charge in [-0.15, -0.1) is 0 Å². The summed E-state index contributed by atoms with van der Waals surface area (Å²) in [5, 5.41) is 0.992. The summed E-state index contributed by atoms with van der Waals surface area (Å²) in [4.78, 5) is 16.1. The number of hydrogen-bond acceptors (Lipinski definition) is 4. The quantitative estimate of drug-likeness (QED) is 0.700. The van der Waals surface area contributed by atoms with Crippen LogP contribution in [0.15, 0.2) is 66.0 Å². The Bertz CT molecular complexity index is 1050. The van der Waals surface area contributed by atoms with Gasteiger partial charge >= 0.3 is 0 Å². The van der Waals surface area contributed by atoms with Gasteiger partial charge in [0.25, 0.3) is 15.9 Å². The largest absolute Gasteiger partial charge is 0.332 e. The fraction of sp³-hybridized carbons (Fsp3) is 0.0588. The van der Waals surface area contributed by atoms with Crippen LogP contribution < -0.4 is 4.72 Å². The number of hydrogen-bond donors (Lipinski definition) is 1. The van der Waals surface area contributed by atoms with Crippen molar-refractivity contribution in [3.8, 4) is 0 Å². The van der Waals surface area contributed by atoms with Crippen molar-refractivity contribution >= 4 is 39.1 Å². The zero-order valence-corrected chi connectivity index (χ0v) is 15.6. The third kappa shape index (κ3) is 4.24. The highest BCUT2D eigenvalue weighted by Gasteiger charge is 2.20. The first-order chi connectivity index (χ1) is 12.3. The zero-order valence-electron chi connectivity index (χ0n) is 13.3. The third-order valence-electron chi connectivity index (χ3n) is 3.53. The average Bonchev–Trinajstić information content (AvgIpc) is 3.06. The van der Waals surface area contributed by atoms with Gasteiger partial charge in [0.15, 0.2) is 0 Å². The summed E-state index contributed by atoms with van der Waals surface area (Å²) in [6.45, 7) is 0.407. The van der Waals surface area contributed by atoms with Crippen molar-refractivity contribution < 1.29 is 13.2 Å². The number of imidazole rings is 1. The number of halogens is 2. The number of carbonyl (C=O) groups excluding carboxylic acids is 1. The molecule has 0 aliphatic heterocycles. The lowest BCUT2D eigenvalue weighted by Crippen LogP contribution is -2.30. The minimum Gasteiger partial charge on any atom is -0.332 e. The van der Waals surface area contributed by atoms with Crippen LogP contribution in [-0.2, 0) is 16.6 Å². The van der Waals surface area contributed by atoms with E-state index in [1.165, 1.54) is 36.8 Å². The van der Waals surface area contributed by atoms with Gasteiger partial charge in [-0.2, -0.15) is 0 Å². The Morgan fingerprint density at radius 1 is 1.08 bits per heavy atom. The Balaban J connectivity index is 1.74. The monoisotopic (exact) mass is 409 g/mol. The van der Waals surface area contributed by atoms with E-state index in [2.05, 4.69) is 4.98 Å². The molecule has 2 aromatic carbocycles. The van der Waals surface area contributed by atoms with Crippen molar-refractivity contribution in [3.05, 3.63) is 82.4 Å². The molecule has 0 saturated heterocycles. The number of aromatic nitrogens is 2. The Morgan fingerprint density at radius 3 is 2.46 bits per heavy atom. The number of benzene rings is 2. The molecule has 0 unspecified atom stereocenters. The molecule has 0 fully saturated rings. The van der Waals surface area contributed by atoms with Crippen LogP contribution in [0.3, 0.4) is 0 Å². The lowest BCUT2D eigenvalue weighted by molar-refractivity contribution is 0.0977. The predicted octanol–water partition coefficient (Wildman–Crippen LogP) is 3.36. The maximum atomic E-state index is 12.2. The summed E-state index contributed by atoms with van der Waals surface area (Å²) in [6, 6.07) is 12.8. The summed E-state index contributed by atoms with van der Waals surface area (Å²) < 4.78 is 28.1. The van der Waals surface area contributed by atoms with Crippen molar-refractivity contribution in [3.63, 3.8) is 0 Å². The lowest BCUT2D eigenvalue weighted by Gasteiger charge is -2.06. The molecule has 1 amide bonds. The number of nitrogens with one attached hydrogen (secondary N) is 1. The van der Waals surface area contributed by atoms with Gasteiger partial charge in [-0.05, 0) is 35.9 Å². The lowest BCUT2D eigenvalue weighted by atomic mass is 10.2. The van der Waals surface area contributed by atoms with Gasteiger partial charge in [0.1, 0.15) is 5.69 Å². The van der Waals surface area contributed by atoms with Crippen molar-refractivity contribution in [2.75, 3.05) is 0 Å². The van der Waals surface area contributed by atoms with E-state index >= 15 is 0 Å². The van der Waals surface area contributed by atoms with Gasteiger partial charge < -0.3 is 4.57 Å². The van der Waals surface area contributed by atoms with Crippen LogP contribution in [0.1, 0.15) is 16.1 Å². The fourth-order valence-corrected chi connectivity index (χ4v) is 3.52. The first kappa shape index (κ1) is 18.4. The Hall–Kier alpha value is -2.35. The van der Waals surface area contributed by atoms with Crippen molar-refractivity contribution in [1.29, 1.82) is 0 Å². The Labute approximate surface area is 160 Å². The molecule has 9 heteroatoms. The van der Waals surface area contributed by atoms with Crippen molar-refractivity contribution in [2.45, 2.75) is 11.4 Å². The average molecular weight is 410 g/mol. The van der Waals surface area contributed by atoms with Crippen molar-refractivity contribution in [2.24, 2.45) is 0 Å². The molecule has 3 aromatic rings. The second-order valence-corrected chi connectivity index (χ2v) is 7.94. The summed E-state index contributed by atoms with van der Waals surface area (Å²) in [6.07, 6.45) is 2.89. The molecule has 1 heterocycles. The molecule has 3 rings (SSSR count). The number of carbonyl (C=O) groups is 1. The Morgan fingerprint density at radius 2 is 1.77 bits per heavy atom. The molecule has 0 radical (unpaired) electrons. The minimum atomic E-state index is -4.01. The van der Waals surface area contributed by atoms with Crippen LogP contribution in [0, 0.1) is 0 Å². The van der Waals surface area contributed by atoms with Crippen LogP contribution >= 0.6 is 23.2 Å². The standard InChI is InChI=1S/C17H13Cl2N3O3S/c18-13-5-7-14(8-6-13)26(24,25)21-17(23)16-10-22(11-20-16)9-12-3-1-2-4-15(12)19/h1-8,10-11H,9H2,(H,21,23). The second-order valence-electron chi connectivity index (χ2n) is 5.41. The second kappa shape index (κ2) is 7.49. The van der Waals surface area contributed by atoms with Gasteiger partial charge in [-0.3, -0.25) is 4.79 Å². The van der Waals surface area contributed by atoms with E-state index in [0.29, 0.717) is 16.6 Å². The number of nitrogens with zero attached hydrogens (tertiary/aromatic N) is 2. The smallest absolute Gasteiger partial charge is 0.285 e. The van der Waals surface area contributed by atoms with Gasteiger partial charge in [0.2, 0.25) is 0 Å². The Kier molecular flexibility index (Phi) is 5.31. The number of sulfonamides is 1. The highest BCUT2D eigenvalue weighted by Crippen LogP contribution is 2.17. The molecular weight excluding hydrogens is 397 g/mol. The maximum Gasteiger partial charge on any atom is 0.285 e. The molecule has 134 valence electrons. The third-order valence-corrected chi connectivity index (χ3v) is 5.50. The van der Waals surface area contributed by atoms with E-state index in [4.69, 9.17) is 23.2 Å². The number of rotatable bonds is 5. The molecule has 26 heavy (non-hydrogen) atoms. The van der Waals surface area contributed by atoms with E-state index < -0.39 is 15.9 Å². The normalized spacial score (nSPS) is 11.3. The maximum absolute atomic E-state index is 12.2. The molecule has 1 aromatic heterocycles.